The molecule has 1 rings (SSSR count). The first kappa shape index (κ1) is 18.9. The van der Waals surface area contributed by atoms with Gasteiger partial charge in [-0.25, -0.2) is 0 Å². The van der Waals surface area contributed by atoms with Crippen LogP contribution in [0.2, 0.25) is 0 Å². The molecule has 3 heteroatoms. The Morgan fingerprint density at radius 2 is 1.95 bits per heavy atom. The van der Waals surface area contributed by atoms with Gasteiger partial charge in [-0.3, -0.25) is 0 Å². The number of hydrogen-bond donors (Lipinski definition) is 1. The molecule has 1 aliphatic rings. The van der Waals surface area contributed by atoms with Crippen molar-refractivity contribution in [1.82, 2.24) is 10.2 Å². The molecule has 0 bridgehead atoms. The van der Waals surface area contributed by atoms with Crippen LogP contribution in [0.15, 0.2) is 0 Å². The van der Waals surface area contributed by atoms with Gasteiger partial charge in [-0.2, -0.15) is 0 Å². The normalized spacial score (nSPS) is 26.4. The highest BCUT2D eigenvalue weighted by atomic mass is 16.5. The molecule has 21 heavy (non-hydrogen) atoms. The third-order valence-electron chi connectivity index (χ3n) is 4.81. The molecule has 0 heterocycles. The summed E-state index contributed by atoms with van der Waals surface area (Å²) in [5.74, 6) is 0.882. The second-order valence-corrected chi connectivity index (χ2v) is 7.15. The van der Waals surface area contributed by atoms with Gasteiger partial charge < -0.3 is 15.0 Å². The first-order valence-corrected chi connectivity index (χ1v) is 9.07. The van der Waals surface area contributed by atoms with E-state index in [-0.39, 0.29) is 0 Å². The van der Waals surface area contributed by atoms with Gasteiger partial charge in [-0.05, 0) is 50.1 Å². The lowest BCUT2D eigenvalue weighted by Gasteiger charge is -2.43. The van der Waals surface area contributed by atoms with Crippen molar-refractivity contribution in [2.45, 2.75) is 59.3 Å². The quantitative estimate of drug-likeness (QED) is 0.591. The second kappa shape index (κ2) is 10.6. The standard InChI is InChI=1S/C18H38N2O/c1-5-11-20(12-6-2)16-18(15-19-10-13-21-4)9-7-8-17(3)14-18/h17,19H,5-16H2,1-4H3. The number of rotatable bonds is 11. The summed E-state index contributed by atoms with van der Waals surface area (Å²) in [4.78, 5) is 2.70. The van der Waals surface area contributed by atoms with Crippen molar-refractivity contribution < 1.29 is 4.74 Å². The Morgan fingerprint density at radius 1 is 1.24 bits per heavy atom. The molecule has 1 N–H and O–H groups in total. The van der Waals surface area contributed by atoms with Gasteiger partial charge in [0.15, 0.2) is 0 Å². The lowest BCUT2D eigenvalue weighted by molar-refractivity contribution is 0.0774. The van der Waals surface area contributed by atoms with Crippen LogP contribution in [0.25, 0.3) is 0 Å². The molecule has 0 amide bonds. The predicted octanol–water partition coefficient (Wildman–Crippen LogP) is 3.54. The molecule has 1 saturated carbocycles. The summed E-state index contributed by atoms with van der Waals surface area (Å²) in [6.07, 6.45) is 8.13. The monoisotopic (exact) mass is 298 g/mol. The van der Waals surface area contributed by atoms with E-state index in [0.29, 0.717) is 5.41 Å². The van der Waals surface area contributed by atoms with Crippen molar-refractivity contribution in [3.63, 3.8) is 0 Å². The van der Waals surface area contributed by atoms with Crippen molar-refractivity contribution in [2.24, 2.45) is 11.3 Å². The molecule has 0 aromatic rings. The van der Waals surface area contributed by atoms with Gasteiger partial charge in [0.05, 0.1) is 6.61 Å². The fourth-order valence-corrected chi connectivity index (χ4v) is 4.03. The summed E-state index contributed by atoms with van der Waals surface area (Å²) in [7, 11) is 1.78. The Hall–Kier alpha value is -0.120. The van der Waals surface area contributed by atoms with E-state index in [1.165, 1.54) is 58.2 Å². The first-order chi connectivity index (χ1) is 10.2. The van der Waals surface area contributed by atoms with Crippen LogP contribution in [0.5, 0.6) is 0 Å². The third-order valence-corrected chi connectivity index (χ3v) is 4.81. The minimum atomic E-state index is 0.482. The van der Waals surface area contributed by atoms with E-state index in [4.69, 9.17) is 4.74 Å². The van der Waals surface area contributed by atoms with Gasteiger partial charge in [0.2, 0.25) is 0 Å². The minimum Gasteiger partial charge on any atom is -0.383 e. The summed E-state index contributed by atoms with van der Waals surface area (Å²) in [5.41, 5.74) is 0.482. The number of nitrogens with zero attached hydrogens (tertiary/aromatic N) is 1. The van der Waals surface area contributed by atoms with Crippen LogP contribution in [-0.2, 0) is 4.74 Å². The van der Waals surface area contributed by atoms with Crippen molar-refractivity contribution in [3.05, 3.63) is 0 Å². The number of methoxy groups -OCH3 is 1. The van der Waals surface area contributed by atoms with Crippen molar-refractivity contribution in [1.29, 1.82) is 0 Å². The molecular formula is C18H38N2O. The fraction of sp³-hybridized carbons (Fsp3) is 1.00. The molecule has 2 unspecified atom stereocenters. The average molecular weight is 299 g/mol. The average Bonchev–Trinajstić information content (AvgIpc) is 2.44. The number of nitrogens with one attached hydrogen (secondary N) is 1. The van der Waals surface area contributed by atoms with E-state index in [1.807, 2.05) is 0 Å². The van der Waals surface area contributed by atoms with Crippen LogP contribution in [0.4, 0.5) is 0 Å². The van der Waals surface area contributed by atoms with Gasteiger partial charge in [0.25, 0.3) is 0 Å². The van der Waals surface area contributed by atoms with Crippen LogP contribution in [0.1, 0.15) is 59.3 Å². The van der Waals surface area contributed by atoms with E-state index < -0.39 is 0 Å². The molecule has 0 aromatic heterocycles. The van der Waals surface area contributed by atoms with Crippen LogP contribution >= 0.6 is 0 Å². The molecule has 0 radical (unpaired) electrons. The number of ether oxygens (including phenoxy) is 1. The minimum absolute atomic E-state index is 0.482. The molecule has 3 nitrogen and oxygen atoms in total. The largest absolute Gasteiger partial charge is 0.383 e. The molecule has 0 saturated heterocycles. The molecule has 0 aliphatic heterocycles. The maximum absolute atomic E-state index is 5.17. The first-order valence-electron chi connectivity index (χ1n) is 9.07. The van der Waals surface area contributed by atoms with Crippen molar-refractivity contribution in [2.75, 3.05) is 46.4 Å². The topological polar surface area (TPSA) is 24.5 Å². The Kier molecular flexibility index (Phi) is 9.54. The lowest BCUT2D eigenvalue weighted by Crippen LogP contribution is -2.47. The van der Waals surface area contributed by atoms with E-state index in [9.17, 15) is 0 Å². The predicted molar refractivity (Wildman–Crippen MR) is 91.8 cm³/mol. The van der Waals surface area contributed by atoms with Crippen LogP contribution in [0.3, 0.4) is 0 Å². The molecule has 126 valence electrons. The SMILES string of the molecule is CCCN(CCC)CC1(CNCCOC)CCCC(C)C1. The Balaban J connectivity index is 2.60. The van der Waals surface area contributed by atoms with Crippen LogP contribution in [-0.4, -0.2) is 51.3 Å². The zero-order valence-corrected chi connectivity index (χ0v) is 14.9. The summed E-state index contributed by atoms with van der Waals surface area (Å²) < 4.78 is 5.17. The molecule has 1 aliphatic carbocycles. The maximum Gasteiger partial charge on any atom is 0.0587 e. The van der Waals surface area contributed by atoms with Gasteiger partial charge in [0.1, 0.15) is 0 Å². The van der Waals surface area contributed by atoms with E-state index in [1.54, 1.807) is 7.11 Å². The third kappa shape index (κ3) is 7.12. The highest BCUT2D eigenvalue weighted by Crippen LogP contribution is 2.39. The maximum atomic E-state index is 5.17. The number of hydrogen-bond acceptors (Lipinski definition) is 3. The fourth-order valence-electron chi connectivity index (χ4n) is 4.03. The van der Waals surface area contributed by atoms with Crippen LogP contribution in [0, 0.1) is 11.3 Å². The van der Waals surface area contributed by atoms with Gasteiger partial charge in [0, 0.05) is 26.7 Å². The van der Waals surface area contributed by atoms with Crippen molar-refractivity contribution in [3.8, 4) is 0 Å². The molecular weight excluding hydrogens is 260 g/mol. The van der Waals surface area contributed by atoms with E-state index in [0.717, 1.165) is 25.6 Å². The zero-order valence-electron chi connectivity index (χ0n) is 14.9. The second-order valence-electron chi connectivity index (χ2n) is 7.15. The smallest absolute Gasteiger partial charge is 0.0587 e. The summed E-state index contributed by atoms with van der Waals surface area (Å²) >= 11 is 0. The molecule has 0 spiro atoms. The molecule has 1 fully saturated rings. The van der Waals surface area contributed by atoms with E-state index in [2.05, 4.69) is 31.0 Å². The highest BCUT2D eigenvalue weighted by Gasteiger charge is 2.35. The van der Waals surface area contributed by atoms with Crippen molar-refractivity contribution >= 4 is 0 Å². The highest BCUT2D eigenvalue weighted by molar-refractivity contribution is 4.90. The summed E-state index contributed by atoms with van der Waals surface area (Å²) in [6.45, 7) is 13.8. The Labute approximate surface area is 132 Å². The van der Waals surface area contributed by atoms with Gasteiger partial charge in [-0.15, -0.1) is 0 Å². The molecule has 0 aromatic carbocycles. The van der Waals surface area contributed by atoms with Gasteiger partial charge >= 0.3 is 0 Å². The summed E-state index contributed by atoms with van der Waals surface area (Å²) in [6, 6.07) is 0. The van der Waals surface area contributed by atoms with E-state index >= 15 is 0 Å². The Bertz CT molecular complexity index is 254. The Morgan fingerprint density at radius 3 is 2.52 bits per heavy atom. The summed E-state index contributed by atoms with van der Waals surface area (Å²) in [5, 5.41) is 3.66. The van der Waals surface area contributed by atoms with Gasteiger partial charge in [-0.1, -0.05) is 33.6 Å². The zero-order chi connectivity index (χ0) is 15.6. The molecule has 2 atom stereocenters. The van der Waals surface area contributed by atoms with Crippen LogP contribution < -0.4 is 5.32 Å². The lowest BCUT2D eigenvalue weighted by atomic mass is 9.69.